The predicted molar refractivity (Wildman–Crippen MR) is 68.7 cm³/mol. The second-order valence-corrected chi connectivity index (χ2v) is 5.98. The Balaban J connectivity index is 2.07. The zero-order valence-corrected chi connectivity index (χ0v) is 11.3. The number of piperidine rings is 1. The Kier molecular flexibility index (Phi) is 3.48. The highest BCUT2D eigenvalue weighted by Crippen LogP contribution is 2.29. The number of nitrogens with zero attached hydrogens (tertiary/aromatic N) is 1. The monoisotopic (exact) mass is 251 g/mol. The molecule has 1 aliphatic heterocycles. The van der Waals surface area contributed by atoms with E-state index in [1.165, 1.54) is 12.8 Å². The van der Waals surface area contributed by atoms with E-state index in [1.54, 1.807) is 6.07 Å². The fourth-order valence-electron chi connectivity index (χ4n) is 2.70. The summed E-state index contributed by atoms with van der Waals surface area (Å²) in [6, 6.07) is 1.65. The van der Waals surface area contributed by atoms with Crippen molar-refractivity contribution in [3.63, 3.8) is 0 Å². The molecule has 1 aromatic heterocycles. The molecule has 18 heavy (non-hydrogen) atoms. The van der Waals surface area contributed by atoms with Gasteiger partial charge in [0.2, 0.25) is 5.76 Å². The van der Waals surface area contributed by atoms with E-state index in [-0.39, 0.29) is 5.76 Å². The molecule has 1 fully saturated rings. The lowest BCUT2D eigenvalue weighted by Crippen LogP contribution is -2.39. The van der Waals surface area contributed by atoms with E-state index < -0.39 is 5.97 Å². The smallest absolute Gasteiger partial charge is 0.371 e. The number of carboxylic acids is 1. The summed E-state index contributed by atoms with van der Waals surface area (Å²) >= 11 is 0. The van der Waals surface area contributed by atoms with Gasteiger partial charge in [-0.15, -0.1) is 0 Å². The Morgan fingerprint density at radius 3 is 2.83 bits per heavy atom. The number of carbonyl (C=O) groups is 1. The maximum atomic E-state index is 10.9. The Morgan fingerprint density at radius 1 is 1.56 bits per heavy atom. The normalized spacial score (nSPS) is 19.9. The van der Waals surface area contributed by atoms with Crippen molar-refractivity contribution in [3.05, 3.63) is 23.2 Å². The van der Waals surface area contributed by atoms with Gasteiger partial charge in [-0.2, -0.15) is 0 Å². The lowest BCUT2D eigenvalue weighted by atomic mass is 9.84. The Bertz CT molecular complexity index is 448. The van der Waals surface area contributed by atoms with Gasteiger partial charge in [0.05, 0.1) is 0 Å². The largest absolute Gasteiger partial charge is 0.475 e. The minimum atomic E-state index is -0.997. The SMILES string of the molecule is Cc1oc(C(=O)O)cc1CN1CCCC(C)(C)C1. The third-order valence-electron chi connectivity index (χ3n) is 3.60. The van der Waals surface area contributed by atoms with Gasteiger partial charge in [0.25, 0.3) is 0 Å². The molecular formula is C14H21NO3. The maximum absolute atomic E-state index is 10.9. The van der Waals surface area contributed by atoms with Crippen LogP contribution in [0, 0.1) is 12.3 Å². The number of hydrogen-bond acceptors (Lipinski definition) is 3. The highest BCUT2D eigenvalue weighted by Gasteiger charge is 2.27. The summed E-state index contributed by atoms with van der Waals surface area (Å²) in [5.41, 5.74) is 1.34. The van der Waals surface area contributed by atoms with Crippen molar-refractivity contribution >= 4 is 5.97 Å². The van der Waals surface area contributed by atoms with Crippen LogP contribution < -0.4 is 0 Å². The second kappa shape index (κ2) is 4.76. The van der Waals surface area contributed by atoms with Crippen LogP contribution in [-0.4, -0.2) is 29.1 Å². The molecule has 4 heteroatoms. The number of furan rings is 1. The first kappa shape index (κ1) is 13.1. The summed E-state index contributed by atoms with van der Waals surface area (Å²) in [7, 11) is 0. The lowest BCUT2D eigenvalue weighted by Gasteiger charge is -2.37. The highest BCUT2D eigenvalue weighted by atomic mass is 16.4. The first-order valence-electron chi connectivity index (χ1n) is 6.42. The molecule has 1 saturated heterocycles. The molecule has 2 heterocycles. The molecule has 1 aromatic rings. The van der Waals surface area contributed by atoms with Crippen LogP contribution in [0.1, 0.15) is 48.6 Å². The van der Waals surface area contributed by atoms with Gasteiger partial charge in [0, 0.05) is 18.7 Å². The lowest BCUT2D eigenvalue weighted by molar-refractivity contribution is 0.0661. The van der Waals surface area contributed by atoms with Crippen molar-refractivity contribution in [2.75, 3.05) is 13.1 Å². The number of carboxylic acid groups (broad SMARTS) is 1. The Morgan fingerprint density at radius 2 is 2.28 bits per heavy atom. The summed E-state index contributed by atoms with van der Waals surface area (Å²) in [5, 5.41) is 8.90. The first-order valence-corrected chi connectivity index (χ1v) is 6.42. The van der Waals surface area contributed by atoms with Crippen LogP contribution in [0.25, 0.3) is 0 Å². The molecule has 0 aromatic carbocycles. The van der Waals surface area contributed by atoms with Crippen LogP contribution in [-0.2, 0) is 6.54 Å². The summed E-state index contributed by atoms with van der Waals surface area (Å²) < 4.78 is 5.24. The molecule has 0 unspecified atom stereocenters. The molecule has 0 bridgehead atoms. The summed E-state index contributed by atoms with van der Waals surface area (Å²) in [5.74, 6) is -0.238. The molecule has 1 N–H and O–H groups in total. The van der Waals surface area contributed by atoms with E-state index >= 15 is 0 Å². The van der Waals surface area contributed by atoms with Crippen molar-refractivity contribution in [1.82, 2.24) is 4.90 Å². The fraction of sp³-hybridized carbons (Fsp3) is 0.643. The van der Waals surface area contributed by atoms with Crippen LogP contribution in [0.5, 0.6) is 0 Å². The van der Waals surface area contributed by atoms with Crippen LogP contribution >= 0.6 is 0 Å². The van der Waals surface area contributed by atoms with Crippen molar-refractivity contribution in [2.24, 2.45) is 5.41 Å². The molecule has 1 aliphatic rings. The third kappa shape index (κ3) is 2.93. The van der Waals surface area contributed by atoms with Crippen LogP contribution in [0.2, 0.25) is 0 Å². The number of aromatic carboxylic acids is 1. The van der Waals surface area contributed by atoms with Crippen LogP contribution in [0.15, 0.2) is 10.5 Å². The van der Waals surface area contributed by atoms with Gasteiger partial charge >= 0.3 is 5.97 Å². The second-order valence-electron chi connectivity index (χ2n) is 5.98. The third-order valence-corrected chi connectivity index (χ3v) is 3.60. The number of likely N-dealkylation sites (tertiary alicyclic amines) is 1. The molecule has 0 amide bonds. The van der Waals surface area contributed by atoms with Gasteiger partial charge in [0.1, 0.15) is 5.76 Å². The van der Waals surface area contributed by atoms with Gasteiger partial charge < -0.3 is 9.52 Å². The van der Waals surface area contributed by atoms with Crippen LogP contribution in [0.3, 0.4) is 0 Å². The molecule has 2 rings (SSSR count). The zero-order valence-electron chi connectivity index (χ0n) is 11.3. The van der Waals surface area contributed by atoms with E-state index in [9.17, 15) is 4.79 Å². The molecule has 4 nitrogen and oxygen atoms in total. The van der Waals surface area contributed by atoms with E-state index in [2.05, 4.69) is 18.7 Å². The van der Waals surface area contributed by atoms with Gasteiger partial charge in [-0.05, 0) is 37.8 Å². The molecular weight excluding hydrogens is 230 g/mol. The standard InChI is InChI=1S/C14H21NO3/c1-10-11(7-12(18-10)13(16)17)8-15-6-4-5-14(2,3)9-15/h7H,4-6,8-9H2,1-3H3,(H,16,17). The molecule has 100 valence electrons. The van der Waals surface area contributed by atoms with Gasteiger partial charge in [-0.25, -0.2) is 4.79 Å². The van der Waals surface area contributed by atoms with Crippen molar-refractivity contribution < 1.29 is 14.3 Å². The van der Waals surface area contributed by atoms with E-state index in [4.69, 9.17) is 9.52 Å². The average Bonchev–Trinajstić information content (AvgIpc) is 2.59. The maximum Gasteiger partial charge on any atom is 0.371 e. The zero-order chi connectivity index (χ0) is 13.3. The number of hydrogen-bond donors (Lipinski definition) is 1. The number of aryl methyl sites for hydroxylation is 1. The van der Waals surface area contributed by atoms with E-state index in [0.29, 0.717) is 5.41 Å². The fourth-order valence-corrected chi connectivity index (χ4v) is 2.70. The average molecular weight is 251 g/mol. The first-order chi connectivity index (χ1) is 8.37. The topological polar surface area (TPSA) is 53.7 Å². The highest BCUT2D eigenvalue weighted by molar-refractivity contribution is 5.84. The number of rotatable bonds is 3. The van der Waals surface area contributed by atoms with Gasteiger partial charge in [-0.3, -0.25) is 4.90 Å². The molecule has 0 saturated carbocycles. The summed E-state index contributed by atoms with van der Waals surface area (Å²) in [6.45, 7) is 9.31. The van der Waals surface area contributed by atoms with Gasteiger partial charge in [0.15, 0.2) is 0 Å². The Labute approximate surface area is 108 Å². The summed E-state index contributed by atoms with van der Waals surface area (Å²) in [6.07, 6.45) is 2.46. The molecule has 0 atom stereocenters. The molecule has 0 spiro atoms. The van der Waals surface area contributed by atoms with E-state index in [1.807, 2.05) is 6.92 Å². The van der Waals surface area contributed by atoms with Crippen molar-refractivity contribution in [3.8, 4) is 0 Å². The molecule has 0 aliphatic carbocycles. The minimum Gasteiger partial charge on any atom is -0.475 e. The van der Waals surface area contributed by atoms with Crippen molar-refractivity contribution in [1.29, 1.82) is 0 Å². The van der Waals surface area contributed by atoms with E-state index in [0.717, 1.165) is 31.0 Å². The van der Waals surface area contributed by atoms with Crippen molar-refractivity contribution in [2.45, 2.75) is 40.2 Å². The van der Waals surface area contributed by atoms with Gasteiger partial charge in [-0.1, -0.05) is 13.8 Å². The Hall–Kier alpha value is -1.29. The quantitative estimate of drug-likeness (QED) is 0.897. The van der Waals surface area contributed by atoms with Crippen LogP contribution in [0.4, 0.5) is 0 Å². The predicted octanol–water partition coefficient (Wildman–Crippen LogP) is 2.91. The summed E-state index contributed by atoms with van der Waals surface area (Å²) in [4.78, 5) is 13.2. The minimum absolute atomic E-state index is 0.0405. The molecule has 0 radical (unpaired) electrons.